The molecule has 3 nitrogen and oxygen atoms in total. The highest BCUT2D eigenvalue weighted by Crippen LogP contribution is 2.28. The van der Waals surface area contributed by atoms with Crippen molar-refractivity contribution >= 4 is 11.6 Å². The SMILES string of the molecule is Clc1ccnc(CN2CCC(NCC3CC3)CC2)c1. The van der Waals surface area contributed by atoms with Crippen molar-refractivity contribution in [2.24, 2.45) is 5.92 Å². The molecule has 2 aliphatic rings. The minimum Gasteiger partial charge on any atom is -0.314 e. The van der Waals surface area contributed by atoms with Gasteiger partial charge in [-0.3, -0.25) is 9.88 Å². The molecule has 0 radical (unpaired) electrons. The minimum atomic E-state index is 0.726. The van der Waals surface area contributed by atoms with Crippen molar-refractivity contribution in [1.82, 2.24) is 15.2 Å². The molecule has 19 heavy (non-hydrogen) atoms. The lowest BCUT2D eigenvalue weighted by Gasteiger charge is -2.32. The van der Waals surface area contributed by atoms with Crippen molar-refractivity contribution in [3.05, 3.63) is 29.0 Å². The fourth-order valence-electron chi connectivity index (χ4n) is 2.71. The van der Waals surface area contributed by atoms with E-state index >= 15 is 0 Å². The Morgan fingerprint density at radius 3 is 2.74 bits per heavy atom. The normalized spacial score (nSPS) is 21.7. The van der Waals surface area contributed by atoms with E-state index in [-0.39, 0.29) is 0 Å². The lowest BCUT2D eigenvalue weighted by Crippen LogP contribution is -2.42. The predicted molar refractivity (Wildman–Crippen MR) is 78.3 cm³/mol. The van der Waals surface area contributed by atoms with Crippen molar-refractivity contribution in [1.29, 1.82) is 0 Å². The van der Waals surface area contributed by atoms with Crippen LogP contribution in [-0.4, -0.2) is 35.6 Å². The van der Waals surface area contributed by atoms with Gasteiger partial charge in [-0.25, -0.2) is 0 Å². The van der Waals surface area contributed by atoms with Crippen molar-refractivity contribution in [2.75, 3.05) is 19.6 Å². The Hall–Kier alpha value is -0.640. The highest BCUT2D eigenvalue weighted by molar-refractivity contribution is 6.30. The number of likely N-dealkylation sites (tertiary alicyclic amines) is 1. The van der Waals surface area contributed by atoms with E-state index in [0.717, 1.165) is 42.3 Å². The Balaban J connectivity index is 1.42. The highest BCUT2D eigenvalue weighted by Gasteiger charge is 2.24. The Morgan fingerprint density at radius 2 is 2.05 bits per heavy atom. The van der Waals surface area contributed by atoms with Crippen LogP contribution in [0.15, 0.2) is 18.3 Å². The molecule has 0 atom stereocenters. The molecule has 2 heterocycles. The van der Waals surface area contributed by atoms with E-state index in [1.54, 1.807) is 6.20 Å². The Kier molecular flexibility index (Phi) is 4.36. The van der Waals surface area contributed by atoms with E-state index in [1.165, 1.54) is 32.2 Å². The summed E-state index contributed by atoms with van der Waals surface area (Å²) in [4.78, 5) is 6.86. The van der Waals surface area contributed by atoms with Crippen LogP contribution in [0, 0.1) is 5.92 Å². The van der Waals surface area contributed by atoms with Gasteiger partial charge < -0.3 is 5.32 Å². The summed E-state index contributed by atoms with van der Waals surface area (Å²) in [6.07, 6.45) is 7.18. The molecule has 0 aromatic carbocycles. The molecule has 0 amide bonds. The van der Waals surface area contributed by atoms with Crippen LogP contribution in [0.25, 0.3) is 0 Å². The molecule has 0 spiro atoms. The molecule has 1 aliphatic carbocycles. The van der Waals surface area contributed by atoms with Crippen LogP contribution in [-0.2, 0) is 6.54 Å². The van der Waals surface area contributed by atoms with Gasteiger partial charge in [-0.05, 0) is 50.3 Å². The average Bonchev–Trinajstić information content (AvgIpc) is 3.22. The zero-order valence-electron chi connectivity index (χ0n) is 11.3. The molecule has 3 rings (SSSR count). The van der Waals surface area contributed by atoms with Crippen LogP contribution in [0.1, 0.15) is 31.4 Å². The second kappa shape index (κ2) is 6.21. The maximum Gasteiger partial charge on any atom is 0.0558 e. The fourth-order valence-corrected chi connectivity index (χ4v) is 2.90. The Labute approximate surface area is 120 Å². The molecule has 104 valence electrons. The Bertz CT molecular complexity index is 412. The number of pyridine rings is 1. The van der Waals surface area contributed by atoms with Crippen molar-refractivity contribution in [3.63, 3.8) is 0 Å². The van der Waals surface area contributed by atoms with Gasteiger partial charge >= 0.3 is 0 Å². The van der Waals surface area contributed by atoms with Gasteiger partial charge in [0.1, 0.15) is 0 Å². The standard InChI is InChI=1S/C15H22ClN3/c16-13-3-6-17-15(9-13)11-19-7-4-14(5-8-19)18-10-12-1-2-12/h3,6,9,12,14,18H,1-2,4-5,7-8,10-11H2. The summed E-state index contributed by atoms with van der Waals surface area (Å²) >= 11 is 5.99. The Morgan fingerprint density at radius 1 is 1.26 bits per heavy atom. The summed E-state index contributed by atoms with van der Waals surface area (Å²) in [7, 11) is 0. The zero-order chi connectivity index (χ0) is 13.1. The highest BCUT2D eigenvalue weighted by atomic mass is 35.5. The summed E-state index contributed by atoms with van der Waals surface area (Å²) in [6, 6.07) is 4.53. The first-order valence-corrected chi connectivity index (χ1v) is 7.73. The van der Waals surface area contributed by atoms with Gasteiger partial charge in [-0.2, -0.15) is 0 Å². The largest absolute Gasteiger partial charge is 0.314 e. The number of nitrogens with zero attached hydrogens (tertiary/aromatic N) is 2. The van der Waals surface area contributed by atoms with Crippen molar-refractivity contribution in [3.8, 4) is 0 Å². The summed E-state index contributed by atoms with van der Waals surface area (Å²) in [5.74, 6) is 0.980. The zero-order valence-corrected chi connectivity index (χ0v) is 12.1. The van der Waals surface area contributed by atoms with E-state index in [9.17, 15) is 0 Å². The van der Waals surface area contributed by atoms with E-state index in [4.69, 9.17) is 11.6 Å². The summed E-state index contributed by atoms with van der Waals surface area (Å²) in [5, 5.41) is 4.50. The van der Waals surface area contributed by atoms with Gasteiger partial charge in [0.25, 0.3) is 0 Å². The molecule has 0 bridgehead atoms. The molecule has 2 fully saturated rings. The molecule has 4 heteroatoms. The third-order valence-electron chi connectivity index (χ3n) is 4.14. The van der Waals surface area contributed by atoms with Crippen LogP contribution in [0.3, 0.4) is 0 Å². The van der Waals surface area contributed by atoms with Crippen LogP contribution in [0.4, 0.5) is 0 Å². The number of nitrogens with one attached hydrogen (secondary N) is 1. The van der Waals surface area contributed by atoms with Crippen LogP contribution < -0.4 is 5.32 Å². The maximum atomic E-state index is 5.99. The third kappa shape index (κ3) is 4.16. The molecule has 1 aromatic rings. The smallest absolute Gasteiger partial charge is 0.0558 e. The van der Waals surface area contributed by atoms with Crippen LogP contribution in [0.2, 0.25) is 5.02 Å². The predicted octanol–water partition coefficient (Wildman–Crippen LogP) is 2.70. The fraction of sp³-hybridized carbons (Fsp3) is 0.667. The first-order valence-electron chi connectivity index (χ1n) is 7.36. The van der Waals surface area contributed by atoms with Crippen LogP contribution >= 0.6 is 11.6 Å². The first-order chi connectivity index (χ1) is 9.29. The number of aromatic nitrogens is 1. The number of piperidine rings is 1. The summed E-state index contributed by atoms with van der Waals surface area (Å²) in [6.45, 7) is 4.49. The van der Waals surface area contributed by atoms with Gasteiger partial charge in [0.05, 0.1) is 5.69 Å². The maximum absolute atomic E-state index is 5.99. The quantitative estimate of drug-likeness (QED) is 0.898. The monoisotopic (exact) mass is 279 g/mol. The first kappa shape index (κ1) is 13.3. The second-order valence-electron chi connectivity index (χ2n) is 5.87. The molecule has 1 saturated carbocycles. The van der Waals surface area contributed by atoms with E-state index < -0.39 is 0 Å². The van der Waals surface area contributed by atoms with E-state index in [1.807, 2.05) is 12.1 Å². The van der Waals surface area contributed by atoms with Crippen molar-refractivity contribution < 1.29 is 0 Å². The molecule has 1 saturated heterocycles. The average molecular weight is 280 g/mol. The molecule has 0 unspecified atom stereocenters. The number of hydrogen-bond donors (Lipinski definition) is 1. The molecular weight excluding hydrogens is 258 g/mol. The summed E-state index contributed by atoms with van der Waals surface area (Å²) < 4.78 is 0. The van der Waals surface area contributed by atoms with Gasteiger partial charge in [0.15, 0.2) is 0 Å². The number of hydrogen-bond acceptors (Lipinski definition) is 3. The molecule has 1 aromatic heterocycles. The molecule has 1 N–H and O–H groups in total. The summed E-state index contributed by atoms with van der Waals surface area (Å²) in [5.41, 5.74) is 1.08. The van der Waals surface area contributed by atoms with Gasteiger partial charge in [-0.1, -0.05) is 11.6 Å². The number of rotatable bonds is 5. The van der Waals surface area contributed by atoms with E-state index in [0.29, 0.717) is 0 Å². The lowest BCUT2D eigenvalue weighted by molar-refractivity contribution is 0.188. The van der Waals surface area contributed by atoms with Gasteiger partial charge in [-0.15, -0.1) is 0 Å². The lowest BCUT2D eigenvalue weighted by atomic mass is 10.0. The van der Waals surface area contributed by atoms with E-state index in [2.05, 4.69) is 15.2 Å². The van der Waals surface area contributed by atoms with Crippen LogP contribution in [0.5, 0.6) is 0 Å². The van der Waals surface area contributed by atoms with Gasteiger partial charge in [0, 0.05) is 36.9 Å². The topological polar surface area (TPSA) is 28.2 Å². The third-order valence-corrected chi connectivity index (χ3v) is 4.38. The number of halogens is 1. The van der Waals surface area contributed by atoms with Crippen molar-refractivity contribution in [2.45, 2.75) is 38.3 Å². The molecule has 1 aliphatic heterocycles. The minimum absolute atomic E-state index is 0.726. The molecular formula is C15H22ClN3. The second-order valence-corrected chi connectivity index (χ2v) is 6.30. The van der Waals surface area contributed by atoms with Gasteiger partial charge in [0.2, 0.25) is 0 Å².